The van der Waals surface area contributed by atoms with Crippen LogP contribution in [0, 0.1) is 0 Å². The molecule has 1 aromatic heterocycles. The topological polar surface area (TPSA) is 64.4 Å². The van der Waals surface area contributed by atoms with Gasteiger partial charge in [0.15, 0.2) is 12.2 Å². The summed E-state index contributed by atoms with van der Waals surface area (Å²) >= 11 is 17.8. The maximum Gasteiger partial charge on any atom is 0.262 e. The number of anilines is 1. The molecule has 0 aliphatic rings. The number of ether oxygens (including phenoxy) is 1. The molecule has 8 heteroatoms. The standard InChI is InChI=1S/C21H13Cl3N2O3/c22-14-9-16(24)19(10-15(14)23)28-11-20(27)25-13-7-5-12(6-8-13)21-26-17-3-1-2-4-18(17)29-21/h1-10H,11H2,(H,25,27). The summed E-state index contributed by atoms with van der Waals surface area (Å²) in [5.74, 6) is 0.450. The van der Waals surface area contributed by atoms with E-state index >= 15 is 0 Å². The monoisotopic (exact) mass is 446 g/mol. The molecule has 0 aliphatic carbocycles. The van der Waals surface area contributed by atoms with Crippen molar-refractivity contribution in [3.8, 4) is 17.2 Å². The number of nitrogens with one attached hydrogen (secondary N) is 1. The summed E-state index contributed by atoms with van der Waals surface area (Å²) in [6.07, 6.45) is 0. The highest BCUT2D eigenvalue weighted by atomic mass is 35.5. The first kappa shape index (κ1) is 19.6. The maximum atomic E-state index is 12.2. The molecule has 29 heavy (non-hydrogen) atoms. The number of benzene rings is 3. The molecule has 0 unspecified atom stereocenters. The summed E-state index contributed by atoms with van der Waals surface area (Å²) in [4.78, 5) is 16.6. The number of halogens is 3. The van der Waals surface area contributed by atoms with E-state index in [2.05, 4.69) is 10.3 Å². The van der Waals surface area contributed by atoms with Crippen LogP contribution in [0.3, 0.4) is 0 Å². The Morgan fingerprint density at radius 2 is 1.69 bits per heavy atom. The molecule has 0 bridgehead atoms. The lowest BCUT2D eigenvalue weighted by Gasteiger charge is -2.10. The molecule has 3 aromatic carbocycles. The van der Waals surface area contributed by atoms with Gasteiger partial charge in [-0.1, -0.05) is 46.9 Å². The van der Waals surface area contributed by atoms with E-state index in [-0.39, 0.29) is 23.3 Å². The molecular formula is C21H13Cl3N2O3. The van der Waals surface area contributed by atoms with Crippen LogP contribution in [0.4, 0.5) is 5.69 Å². The number of hydrogen-bond donors (Lipinski definition) is 1. The predicted molar refractivity (Wildman–Crippen MR) is 115 cm³/mol. The third-order valence-corrected chi connectivity index (χ3v) is 5.06. The van der Waals surface area contributed by atoms with Crippen LogP contribution in [0.1, 0.15) is 0 Å². The van der Waals surface area contributed by atoms with Gasteiger partial charge in [0.05, 0.1) is 15.1 Å². The first-order valence-corrected chi connectivity index (χ1v) is 9.66. The van der Waals surface area contributed by atoms with E-state index in [1.807, 2.05) is 36.4 Å². The average Bonchev–Trinajstić information content (AvgIpc) is 3.14. The largest absolute Gasteiger partial charge is 0.482 e. The van der Waals surface area contributed by atoms with Crippen LogP contribution < -0.4 is 10.1 Å². The molecule has 0 fully saturated rings. The van der Waals surface area contributed by atoms with Crippen molar-refractivity contribution in [2.45, 2.75) is 0 Å². The quantitative estimate of drug-likeness (QED) is 0.356. The number of hydrogen-bond acceptors (Lipinski definition) is 4. The fourth-order valence-corrected chi connectivity index (χ4v) is 3.24. The second-order valence-corrected chi connectivity index (χ2v) is 7.32. The molecule has 1 heterocycles. The van der Waals surface area contributed by atoms with Crippen molar-refractivity contribution in [2.75, 3.05) is 11.9 Å². The number of carbonyl (C=O) groups excluding carboxylic acids is 1. The van der Waals surface area contributed by atoms with Crippen molar-refractivity contribution in [1.29, 1.82) is 0 Å². The van der Waals surface area contributed by atoms with Gasteiger partial charge in [0.2, 0.25) is 5.89 Å². The summed E-state index contributed by atoms with van der Waals surface area (Å²) in [6.45, 7) is -0.232. The van der Waals surface area contributed by atoms with Gasteiger partial charge in [-0.15, -0.1) is 0 Å². The van der Waals surface area contributed by atoms with E-state index in [4.69, 9.17) is 44.0 Å². The summed E-state index contributed by atoms with van der Waals surface area (Å²) in [7, 11) is 0. The van der Waals surface area contributed by atoms with Crippen LogP contribution >= 0.6 is 34.8 Å². The Bertz CT molecular complexity index is 1160. The zero-order chi connectivity index (χ0) is 20.4. The SMILES string of the molecule is O=C(COc1cc(Cl)c(Cl)cc1Cl)Nc1ccc(-c2nc3ccccc3o2)cc1. The van der Waals surface area contributed by atoms with Crippen LogP contribution in [-0.4, -0.2) is 17.5 Å². The average molecular weight is 448 g/mol. The molecule has 0 saturated carbocycles. The van der Waals surface area contributed by atoms with Gasteiger partial charge in [-0.25, -0.2) is 4.98 Å². The van der Waals surface area contributed by atoms with Crippen LogP contribution in [-0.2, 0) is 4.79 Å². The molecule has 0 aliphatic heterocycles. The van der Waals surface area contributed by atoms with Crippen LogP contribution in [0.15, 0.2) is 65.1 Å². The Kier molecular flexibility index (Phi) is 5.62. The van der Waals surface area contributed by atoms with Gasteiger partial charge >= 0.3 is 0 Å². The molecule has 5 nitrogen and oxygen atoms in total. The van der Waals surface area contributed by atoms with Crippen molar-refractivity contribution < 1.29 is 13.9 Å². The first-order valence-electron chi connectivity index (χ1n) is 8.53. The van der Waals surface area contributed by atoms with Crippen molar-refractivity contribution in [1.82, 2.24) is 4.98 Å². The highest BCUT2D eigenvalue weighted by molar-refractivity contribution is 6.43. The summed E-state index contributed by atoms with van der Waals surface area (Å²) in [5.41, 5.74) is 2.92. The summed E-state index contributed by atoms with van der Waals surface area (Å²) in [5, 5.41) is 3.62. The minimum atomic E-state index is -0.346. The number of amides is 1. The third kappa shape index (κ3) is 4.48. The molecule has 1 amide bonds. The van der Waals surface area contributed by atoms with Gasteiger partial charge in [0.25, 0.3) is 5.91 Å². The summed E-state index contributed by atoms with van der Waals surface area (Å²) < 4.78 is 11.2. The molecule has 146 valence electrons. The molecule has 0 spiro atoms. The van der Waals surface area contributed by atoms with Gasteiger partial charge in [0.1, 0.15) is 11.3 Å². The molecular weight excluding hydrogens is 435 g/mol. The van der Waals surface area contributed by atoms with Crippen LogP contribution in [0.25, 0.3) is 22.6 Å². The number of fused-ring (bicyclic) bond motifs is 1. The Labute approximate surface area is 181 Å². The number of rotatable bonds is 5. The van der Waals surface area contributed by atoms with Gasteiger partial charge in [0, 0.05) is 17.3 Å². The lowest BCUT2D eigenvalue weighted by molar-refractivity contribution is -0.118. The van der Waals surface area contributed by atoms with Gasteiger partial charge < -0.3 is 14.5 Å². The highest BCUT2D eigenvalue weighted by Gasteiger charge is 2.11. The zero-order valence-electron chi connectivity index (χ0n) is 14.8. The fourth-order valence-electron chi connectivity index (χ4n) is 2.65. The summed E-state index contributed by atoms with van der Waals surface area (Å²) in [6, 6.07) is 17.6. The number of oxazole rings is 1. The second-order valence-electron chi connectivity index (χ2n) is 6.10. The zero-order valence-corrected chi connectivity index (χ0v) is 17.1. The lowest BCUT2D eigenvalue weighted by atomic mass is 10.2. The number of aromatic nitrogens is 1. The Morgan fingerprint density at radius 3 is 2.45 bits per heavy atom. The second kappa shape index (κ2) is 8.33. The highest BCUT2D eigenvalue weighted by Crippen LogP contribution is 2.33. The molecule has 0 saturated heterocycles. The molecule has 4 aromatic rings. The van der Waals surface area contributed by atoms with Crippen molar-refractivity contribution in [3.63, 3.8) is 0 Å². The van der Waals surface area contributed by atoms with Crippen molar-refractivity contribution >= 4 is 57.5 Å². The lowest BCUT2D eigenvalue weighted by Crippen LogP contribution is -2.20. The minimum Gasteiger partial charge on any atom is -0.482 e. The van der Waals surface area contributed by atoms with Crippen molar-refractivity contribution in [3.05, 3.63) is 75.7 Å². The third-order valence-electron chi connectivity index (χ3n) is 4.04. The van der Waals surface area contributed by atoms with E-state index in [1.54, 1.807) is 12.1 Å². The van der Waals surface area contributed by atoms with Crippen molar-refractivity contribution in [2.24, 2.45) is 0 Å². The maximum absolute atomic E-state index is 12.2. The van der Waals surface area contributed by atoms with E-state index in [1.165, 1.54) is 12.1 Å². The van der Waals surface area contributed by atoms with Crippen LogP contribution in [0.2, 0.25) is 15.1 Å². The molecule has 1 N–H and O–H groups in total. The minimum absolute atomic E-state index is 0.232. The van der Waals surface area contributed by atoms with Gasteiger partial charge in [-0.3, -0.25) is 4.79 Å². The first-order chi connectivity index (χ1) is 14.0. The number of para-hydroxylation sites is 2. The van der Waals surface area contributed by atoms with Crippen LogP contribution in [0.5, 0.6) is 5.75 Å². The Balaban J connectivity index is 1.39. The van der Waals surface area contributed by atoms with E-state index in [9.17, 15) is 4.79 Å². The van der Waals surface area contributed by atoms with Gasteiger partial charge in [-0.2, -0.15) is 0 Å². The molecule has 0 radical (unpaired) electrons. The van der Waals surface area contributed by atoms with E-state index in [0.717, 1.165) is 16.7 Å². The number of carbonyl (C=O) groups is 1. The normalized spacial score (nSPS) is 10.9. The Morgan fingerprint density at radius 1 is 0.966 bits per heavy atom. The Hall–Kier alpha value is -2.73. The predicted octanol–water partition coefficient (Wildman–Crippen LogP) is 6.47. The number of nitrogens with zero attached hydrogens (tertiary/aromatic N) is 1. The van der Waals surface area contributed by atoms with Gasteiger partial charge in [-0.05, 0) is 42.5 Å². The molecule has 4 rings (SSSR count). The van der Waals surface area contributed by atoms with E-state index in [0.29, 0.717) is 21.6 Å². The van der Waals surface area contributed by atoms with E-state index < -0.39 is 0 Å². The smallest absolute Gasteiger partial charge is 0.262 e. The molecule has 0 atom stereocenters. The fraction of sp³-hybridized carbons (Fsp3) is 0.0476.